The number of nitrogens with zero attached hydrogens (tertiary/aromatic N) is 2. The van der Waals surface area contributed by atoms with Crippen LogP contribution in [-0.4, -0.2) is 36.0 Å². The molecule has 0 aliphatic carbocycles. The first-order valence-electron chi connectivity index (χ1n) is 11.4. The van der Waals surface area contributed by atoms with Gasteiger partial charge in [-0.25, -0.2) is 23.1 Å². The molecule has 12 heteroatoms. The molecule has 0 fully saturated rings. The molecule has 0 atom stereocenters. The smallest absolute Gasteiger partial charge is 0.264 e. The number of rotatable bonds is 9. The summed E-state index contributed by atoms with van der Waals surface area (Å²) in [4.78, 5) is 21.1. The molecule has 0 saturated heterocycles. The van der Waals surface area contributed by atoms with E-state index in [-0.39, 0.29) is 16.0 Å². The number of carbonyl (C=O) groups excluding carboxylic acids is 1. The van der Waals surface area contributed by atoms with Gasteiger partial charge < -0.3 is 10.1 Å². The van der Waals surface area contributed by atoms with Crippen LogP contribution in [0.15, 0.2) is 57.9 Å². The summed E-state index contributed by atoms with van der Waals surface area (Å²) in [5.74, 6) is 0.500. The third-order valence-electron chi connectivity index (χ3n) is 5.00. The molecule has 9 nitrogen and oxygen atoms in total. The lowest BCUT2D eigenvalue weighted by atomic mass is 10.1. The van der Waals surface area contributed by atoms with Crippen LogP contribution in [0.3, 0.4) is 0 Å². The number of hydrogen-bond donors (Lipinski definition) is 3. The molecule has 0 spiro atoms. The number of hydrogen-bond acceptors (Lipinski definition) is 7. The van der Waals surface area contributed by atoms with E-state index in [1.807, 2.05) is 0 Å². The quantitative estimate of drug-likeness (QED) is 0.284. The van der Waals surface area contributed by atoms with Crippen molar-refractivity contribution in [3.8, 4) is 5.75 Å². The number of amides is 1. The second kappa shape index (κ2) is 12.4. The third kappa shape index (κ3) is 8.48. The van der Waals surface area contributed by atoms with Crippen molar-refractivity contribution in [3.05, 3.63) is 70.0 Å². The lowest BCUT2D eigenvalue weighted by molar-refractivity contribution is 0.0973. The molecule has 1 aromatic heterocycles. The number of aryl methyl sites for hydroxylation is 2. The number of benzene rings is 2. The van der Waals surface area contributed by atoms with Crippen molar-refractivity contribution >= 4 is 60.8 Å². The van der Waals surface area contributed by atoms with Gasteiger partial charge in [0.2, 0.25) is 5.95 Å². The number of sulfonamides is 1. The van der Waals surface area contributed by atoms with Gasteiger partial charge in [0.25, 0.3) is 15.9 Å². The highest BCUT2D eigenvalue weighted by Gasteiger charge is 2.18. The van der Waals surface area contributed by atoms with Gasteiger partial charge in [0.05, 0.1) is 17.1 Å². The standard InChI is InChI=1S/C25H28BrN5O4S2/c1-15(2)11-12-35-22-10-5-18(26)14-21(22)23(32)30-25(36)29-19-6-8-20(9-7-19)37(33,34)31-24-27-16(3)13-17(4)28-24/h5-10,13-15H,11-12H2,1-4H3,(H,27,28,31)(H2,29,30,32,36). The lowest BCUT2D eigenvalue weighted by Crippen LogP contribution is -2.34. The first-order valence-corrected chi connectivity index (χ1v) is 14.1. The van der Waals surface area contributed by atoms with E-state index in [0.29, 0.717) is 40.9 Å². The molecule has 0 saturated carbocycles. The molecule has 2 aromatic carbocycles. The van der Waals surface area contributed by atoms with Crippen molar-refractivity contribution in [2.75, 3.05) is 16.6 Å². The Morgan fingerprint density at radius 1 is 1.05 bits per heavy atom. The Morgan fingerprint density at radius 3 is 2.32 bits per heavy atom. The number of aromatic nitrogens is 2. The maximum absolute atomic E-state index is 12.9. The van der Waals surface area contributed by atoms with Crippen molar-refractivity contribution in [3.63, 3.8) is 0 Å². The van der Waals surface area contributed by atoms with Gasteiger partial charge in [-0.3, -0.25) is 10.1 Å². The first-order chi connectivity index (χ1) is 17.4. The molecule has 3 N–H and O–H groups in total. The fourth-order valence-electron chi connectivity index (χ4n) is 3.21. The highest BCUT2D eigenvalue weighted by Crippen LogP contribution is 2.24. The maximum atomic E-state index is 12.9. The normalized spacial score (nSPS) is 11.2. The average molecular weight is 607 g/mol. The molecule has 0 aliphatic heterocycles. The SMILES string of the molecule is Cc1cc(C)nc(NS(=O)(=O)c2ccc(NC(=S)NC(=O)c3cc(Br)ccc3OCCC(C)C)cc2)n1. The zero-order chi connectivity index (χ0) is 27.2. The minimum atomic E-state index is -3.89. The van der Waals surface area contributed by atoms with E-state index in [9.17, 15) is 13.2 Å². The number of anilines is 2. The lowest BCUT2D eigenvalue weighted by Gasteiger charge is -2.14. The monoisotopic (exact) mass is 605 g/mol. The van der Waals surface area contributed by atoms with Gasteiger partial charge in [0, 0.05) is 21.5 Å². The maximum Gasteiger partial charge on any atom is 0.264 e. The van der Waals surface area contributed by atoms with Crippen molar-refractivity contribution in [2.45, 2.75) is 39.0 Å². The molecule has 3 aromatic rings. The van der Waals surface area contributed by atoms with Crippen LogP contribution < -0.4 is 20.1 Å². The molecule has 0 unspecified atom stereocenters. The molecule has 1 amide bonds. The van der Waals surface area contributed by atoms with Crippen LogP contribution in [-0.2, 0) is 10.0 Å². The zero-order valence-electron chi connectivity index (χ0n) is 20.8. The van der Waals surface area contributed by atoms with E-state index >= 15 is 0 Å². The Kier molecular flexibility index (Phi) is 9.57. The predicted octanol–water partition coefficient (Wildman–Crippen LogP) is 5.21. The summed E-state index contributed by atoms with van der Waals surface area (Å²) in [6, 6.07) is 12.8. The van der Waals surface area contributed by atoms with Crippen LogP contribution in [0.5, 0.6) is 5.75 Å². The van der Waals surface area contributed by atoms with E-state index < -0.39 is 15.9 Å². The van der Waals surface area contributed by atoms with Gasteiger partial charge in [0.15, 0.2) is 5.11 Å². The molecule has 196 valence electrons. The summed E-state index contributed by atoms with van der Waals surface area (Å²) in [5, 5.41) is 5.57. The van der Waals surface area contributed by atoms with Gasteiger partial charge in [-0.05, 0) is 86.9 Å². The second-order valence-electron chi connectivity index (χ2n) is 8.68. The van der Waals surface area contributed by atoms with Crippen LogP contribution in [0, 0.1) is 19.8 Å². The average Bonchev–Trinajstić information content (AvgIpc) is 2.79. The molecule has 3 rings (SSSR count). The van der Waals surface area contributed by atoms with Crippen molar-refractivity contribution in [2.24, 2.45) is 5.92 Å². The topological polar surface area (TPSA) is 122 Å². The minimum absolute atomic E-state index is 0.00342. The fraction of sp³-hybridized carbons (Fsp3) is 0.280. The molecular formula is C25H28BrN5O4S2. The Morgan fingerprint density at radius 2 is 1.70 bits per heavy atom. The van der Waals surface area contributed by atoms with Crippen LogP contribution in [0.2, 0.25) is 0 Å². The first kappa shape index (κ1) is 28.5. The van der Waals surface area contributed by atoms with Gasteiger partial charge in [-0.1, -0.05) is 29.8 Å². The molecule has 0 bridgehead atoms. The summed E-state index contributed by atoms with van der Waals surface area (Å²) < 4.78 is 34.4. The van der Waals surface area contributed by atoms with Crippen LogP contribution >= 0.6 is 28.1 Å². The molecular weight excluding hydrogens is 578 g/mol. The predicted molar refractivity (Wildman–Crippen MR) is 152 cm³/mol. The highest BCUT2D eigenvalue weighted by atomic mass is 79.9. The van der Waals surface area contributed by atoms with Crippen molar-refractivity contribution in [1.29, 1.82) is 0 Å². The van der Waals surface area contributed by atoms with Crippen LogP contribution in [0.4, 0.5) is 11.6 Å². The summed E-state index contributed by atoms with van der Waals surface area (Å²) >= 11 is 8.67. The Bertz CT molecular complexity index is 1380. The van der Waals surface area contributed by atoms with E-state index in [2.05, 4.69) is 55.1 Å². The number of halogens is 1. The molecule has 0 radical (unpaired) electrons. The number of nitrogens with one attached hydrogen (secondary N) is 3. The Hall–Kier alpha value is -3.09. The zero-order valence-corrected chi connectivity index (χ0v) is 24.1. The van der Waals surface area contributed by atoms with Gasteiger partial charge >= 0.3 is 0 Å². The third-order valence-corrected chi connectivity index (χ3v) is 7.04. The van der Waals surface area contributed by atoms with E-state index in [4.69, 9.17) is 17.0 Å². The summed E-state index contributed by atoms with van der Waals surface area (Å²) in [7, 11) is -3.89. The van der Waals surface area contributed by atoms with Gasteiger partial charge in [-0.15, -0.1) is 0 Å². The van der Waals surface area contributed by atoms with Crippen LogP contribution in [0.1, 0.15) is 42.0 Å². The minimum Gasteiger partial charge on any atom is -0.493 e. The molecule has 1 heterocycles. The Labute approximate surface area is 230 Å². The van der Waals surface area contributed by atoms with E-state index in [0.717, 1.165) is 10.9 Å². The van der Waals surface area contributed by atoms with E-state index in [1.165, 1.54) is 24.3 Å². The summed E-state index contributed by atoms with van der Waals surface area (Å²) in [5.41, 5.74) is 2.13. The van der Waals surface area contributed by atoms with Crippen molar-refractivity contribution in [1.82, 2.24) is 15.3 Å². The van der Waals surface area contributed by atoms with Gasteiger partial charge in [0.1, 0.15) is 5.75 Å². The van der Waals surface area contributed by atoms with Crippen LogP contribution in [0.25, 0.3) is 0 Å². The summed E-state index contributed by atoms with van der Waals surface area (Å²) in [6.07, 6.45) is 0.857. The van der Waals surface area contributed by atoms with Gasteiger partial charge in [-0.2, -0.15) is 0 Å². The molecule has 37 heavy (non-hydrogen) atoms. The van der Waals surface area contributed by atoms with E-state index in [1.54, 1.807) is 38.1 Å². The Balaban J connectivity index is 1.64. The number of ether oxygens (including phenoxy) is 1. The van der Waals surface area contributed by atoms with Crippen molar-refractivity contribution < 1.29 is 17.9 Å². The largest absolute Gasteiger partial charge is 0.493 e. The highest BCUT2D eigenvalue weighted by molar-refractivity contribution is 9.10. The second-order valence-corrected chi connectivity index (χ2v) is 11.7. The summed E-state index contributed by atoms with van der Waals surface area (Å²) in [6.45, 7) is 8.20. The number of carbonyl (C=O) groups is 1. The fourth-order valence-corrected chi connectivity index (χ4v) is 4.73. The molecule has 0 aliphatic rings. The number of thiocarbonyl (C=S) groups is 1.